The van der Waals surface area contributed by atoms with Crippen molar-refractivity contribution in [3.8, 4) is 16.9 Å². The minimum absolute atomic E-state index is 0.128. The van der Waals surface area contributed by atoms with E-state index in [1.165, 1.54) is 25.3 Å². The Morgan fingerprint density at radius 1 is 1.12 bits per heavy atom. The van der Waals surface area contributed by atoms with Gasteiger partial charge in [0.2, 0.25) is 5.91 Å². The lowest BCUT2D eigenvalue weighted by Gasteiger charge is -2.21. The van der Waals surface area contributed by atoms with Gasteiger partial charge >= 0.3 is 6.09 Å². The summed E-state index contributed by atoms with van der Waals surface area (Å²) < 4.78 is 38.3. The van der Waals surface area contributed by atoms with E-state index in [4.69, 9.17) is 9.47 Å². The Bertz CT molecular complexity index is 1010. The first-order chi connectivity index (χ1) is 15.1. The molecular formula is C23H27F2N3O4. The maximum absolute atomic E-state index is 14.4. The van der Waals surface area contributed by atoms with E-state index in [1.54, 1.807) is 20.8 Å². The van der Waals surface area contributed by atoms with E-state index in [0.717, 1.165) is 12.3 Å². The number of rotatable bonds is 5. The molecule has 1 fully saturated rings. The number of methoxy groups -OCH3 is 1. The third-order valence-electron chi connectivity index (χ3n) is 5.08. The van der Waals surface area contributed by atoms with Gasteiger partial charge in [-0.25, -0.2) is 18.6 Å². The van der Waals surface area contributed by atoms with E-state index in [1.807, 2.05) is 0 Å². The van der Waals surface area contributed by atoms with Gasteiger partial charge in [-0.1, -0.05) is 0 Å². The number of hydrogen-bond acceptors (Lipinski definition) is 5. The van der Waals surface area contributed by atoms with Crippen molar-refractivity contribution in [1.29, 1.82) is 0 Å². The van der Waals surface area contributed by atoms with Crippen molar-refractivity contribution in [3.05, 3.63) is 42.1 Å². The molecule has 2 aromatic rings. The number of halogens is 2. The molecule has 2 amide bonds. The summed E-state index contributed by atoms with van der Waals surface area (Å²) in [5.41, 5.74) is -0.131. The largest absolute Gasteiger partial charge is 0.496 e. The lowest BCUT2D eigenvalue weighted by atomic mass is 10.0. The van der Waals surface area contributed by atoms with Crippen molar-refractivity contribution in [2.24, 2.45) is 5.92 Å². The molecule has 0 spiro atoms. The Morgan fingerprint density at radius 3 is 2.56 bits per heavy atom. The van der Waals surface area contributed by atoms with Crippen LogP contribution in [0.3, 0.4) is 0 Å². The van der Waals surface area contributed by atoms with Crippen LogP contribution < -0.4 is 15.4 Å². The minimum Gasteiger partial charge on any atom is -0.496 e. The van der Waals surface area contributed by atoms with E-state index in [0.29, 0.717) is 24.8 Å². The van der Waals surface area contributed by atoms with Crippen LogP contribution in [-0.4, -0.2) is 35.7 Å². The molecule has 32 heavy (non-hydrogen) atoms. The number of anilines is 1. The van der Waals surface area contributed by atoms with Crippen LogP contribution in [0.1, 0.15) is 40.0 Å². The molecule has 3 rings (SSSR count). The van der Waals surface area contributed by atoms with Crippen molar-refractivity contribution in [3.63, 3.8) is 0 Å². The number of ether oxygens (including phenoxy) is 2. The van der Waals surface area contributed by atoms with Crippen molar-refractivity contribution in [2.75, 3.05) is 12.4 Å². The molecule has 0 saturated heterocycles. The maximum Gasteiger partial charge on any atom is 0.407 e. The van der Waals surface area contributed by atoms with Gasteiger partial charge in [0.05, 0.1) is 13.3 Å². The van der Waals surface area contributed by atoms with Crippen LogP contribution in [0.25, 0.3) is 11.1 Å². The number of amides is 2. The number of pyridine rings is 1. The van der Waals surface area contributed by atoms with Gasteiger partial charge < -0.3 is 20.1 Å². The lowest BCUT2D eigenvalue weighted by Crippen LogP contribution is -2.38. The van der Waals surface area contributed by atoms with Crippen molar-refractivity contribution in [2.45, 2.75) is 51.7 Å². The number of nitrogens with zero attached hydrogens (tertiary/aromatic N) is 1. The molecule has 1 aromatic carbocycles. The molecule has 1 aliphatic rings. The molecule has 9 heteroatoms. The fourth-order valence-corrected chi connectivity index (χ4v) is 3.65. The Morgan fingerprint density at radius 2 is 1.88 bits per heavy atom. The van der Waals surface area contributed by atoms with Gasteiger partial charge in [-0.3, -0.25) is 4.79 Å². The Hall–Kier alpha value is -3.23. The standard InChI is InChI=1S/C23H27F2N3O4/c1-23(2,3)32-22(30)27-15-7-5-13(9-15)21(29)28-20-11-17(18(25)12-26-20)16-8-6-14(24)10-19(16)31-4/h6,8,10-13,15H,5,7,9H2,1-4H3,(H,27,30)(H,26,28,29)/t13-,15+/m0/s1. The highest BCUT2D eigenvalue weighted by atomic mass is 19.1. The van der Waals surface area contributed by atoms with Crippen LogP contribution in [0, 0.1) is 17.6 Å². The average Bonchev–Trinajstić information content (AvgIpc) is 3.16. The fraction of sp³-hybridized carbons (Fsp3) is 0.435. The quantitative estimate of drug-likeness (QED) is 0.696. The zero-order valence-corrected chi connectivity index (χ0v) is 18.5. The fourth-order valence-electron chi connectivity index (χ4n) is 3.65. The number of benzene rings is 1. The number of carbonyl (C=O) groups excluding carboxylic acids is 2. The summed E-state index contributed by atoms with van der Waals surface area (Å²) in [5.74, 6) is -1.40. The van der Waals surface area contributed by atoms with Crippen LogP contribution in [0.5, 0.6) is 5.75 Å². The molecule has 1 aliphatic carbocycles. The molecule has 7 nitrogen and oxygen atoms in total. The van der Waals surface area contributed by atoms with Gasteiger partial charge in [-0.15, -0.1) is 0 Å². The Kier molecular flexibility index (Phi) is 6.96. The monoisotopic (exact) mass is 447 g/mol. The lowest BCUT2D eigenvalue weighted by molar-refractivity contribution is -0.119. The smallest absolute Gasteiger partial charge is 0.407 e. The molecule has 0 unspecified atom stereocenters. The highest BCUT2D eigenvalue weighted by Crippen LogP contribution is 2.34. The minimum atomic E-state index is -0.629. The number of alkyl carbamates (subject to hydrolysis) is 1. The van der Waals surface area contributed by atoms with E-state index in [2.05, 4.69) is 15.6 Å². The van der Waals surface area contributed by atoms with Crippen molar-refractivity contribution < 1.29 is 27.8 Å². The molecular weight excluding hydrogens is 420 g/mol. The summed E-state index contributed by atoms with van der Waals surface area (Å²) in [6.45, 7) is 5.34. The van der Waals surface area contributed by atoms with Gasteiger partial charge in [0, 0.05) is 29.2 Å². The van der Waals surface area contributed by atoms with Crippen LogP contribution in [0.2, 0.25) is 0 Å². The predicted octanol–water partition coefficient (Wildman–Crippen LogP) is 4.67. The van der Waals surface area contributed by atoms with Crippen LogP contribution >= 0.6 is 0 Å². The second kappa shape index (κ2) is 9.50. The molecule has 1 aromatic heterocycles. The molecule has 2 N–H and O–H groups in total. The molecule has 2 atom stereocenters. The first-order valence-electron chi connectivity index (χ1n) is 10.4. The van der Waals surface area contributed by atoms with Crippen LogP contribution in [0.4, 0.5) is 19.4 Å². The first-order valence-corrected chi connectivity index (χ1v) is 10.4. The summed E-state index contributed by atoms with van der Waals surface area (Å²) in [7, 11) is 1.36. The SMILES string of the molecule is COc1cc(F)ccc1-c1cc(NC(=O)[C@H]2CC[C@@H](NC(=O)OC(C)(C)C)C2)ncc1F. The number of aromatic nitrogens is 1. The predicted molar refractivity (Wildman–Crippen MR) is 115 cm³/mol. The summed E-state index contributed by atoms with van der Waals surface area (Å²) in [4.78, 5) is 28.6. The molecule has 1 heterocycles. The molecule has 0 aliphatic heterocycles. The number of carbonyl (C=O) groups is 2. The van der Waals surface area contributed by atoms with Gasteiger partial charge in [-0.2, -0.15) is 0 Å². The third kappa shape index (κ3) is 5.93. The van der Waals surface area contributed by atoms with E-state index in [-0.39, 0.29) is 35.0 Å². The highest BCUT2D eigenvalue weighted by Gasteiger charge is 2.32. The molecule has 0 radical (unpaired) electrons. The number of nitrogens with one attached hydrogen (secondary N) is 2. The van der Waals surface area contributed by atoms with Gasteiger partial charge in [-0.05, 0) is 58.2 Å². The topological polar surface area (TPSA) is 89.6 Å². The van der Waals surface area contributed by atoms with Gasteiger partial charge in [0.1, 0.15) is 28.8 Å². The molecule has 0 bridgehead atoms. The van der Waals surface area contributed by atoms with Gasteiger partial charge in [0.15, 0.2) is 0 Å². The maximum atomic E-state index is 14.4. The number of hydrogen-bond donors (Lipinski definition) is 2. The summed E-state index contributed by atoms with van der Waals surface area (Å²) >= 11 is 0. The normalized spacial score (nSPS) is 18.2. The summed E-state index contributed by atoms with van der Waals surface area (Å²) in [6.07, 6.45) is 2.18. The van der Waals surface area contributed by atoms with Gasteiger partial charge in [0.25, 0.3) is 0 Å². The van der Waals surface area contributed by atoms with E-state index >= 15 is 0 Å². The van der Waals surface area contributed by atoms with E-state index in [9.17, 15) is 18.4 Å². The Labute approximate surface area is 185 Å². The first kappa shape index (κ1) is 23.4. The molecule has 1 saturated carbocycles. The van der Waals surface area contributed by atoms with Crippen molar-refractivity contribution in [1.82, 2.24) is 10.3 Å². The second-order valence-corrected chi connectivity index (χ2v) is 8.74. The van der Waals surface area contributed by atoms with Crippen LogP contribution in [-0.2, 0) is 9.53 Å². The molecule has 172 valence electrons. The zero-order chi connectivity index (χ0) is 23.5. The third-order valence-corrected chi connectivity index (χ3v) is 5.08. The zero-order valence-electron chi connectivity index (χ0n) is 18.5. The summed E-state index contributed by atoms with van der Waals surface area (Å²) in [5, 5.41) is 5.50. The second-order valence-electron chi connectivity index (χ2n) is 8.74. The van der Waals surface area contributed by atoms with Crippen molar-refractivity contribution >= 4 is 17.8 Å². The van der Waals surface area contributed by atoms with E-state index < -0.39 is 23.3 Å². The average molecular weight is 447 g/mol. The van der Waals surface area contributed by atoms with Crippen LogP contribution in [0.15, 0.2) is 30.5 Å². The Balaban J connectivity index is 1.66. The summed E-state index contributed by atoms with van der Waals surface area (Å²) in [6, 6.07) is 4.98. The highest BCUT2D eigenvalue weighted by molar-refractivity contribution is 5.92.